The fourth-order valence-electron chi connectivity index (χ4n) is 3.45. The van der Waals surface area contributed by atoms with Crippen molar-refractivity contribution in [2.24, 2.45) is 11.3 Å². The number of hydrogen-bond donors (Lipinski definition) is 0. The summed E-state index contributed by atoms with van der Waals surface area (Å²) < 4.78 is 0. The molecule has 0 amide bonds. The minimum absolute atomic E-state index is 0.383. The van der Waals surface area contributed by atoms with Crippen molar-refractivity contribution in [1.82, 2.24) is 4.90 Å². The van der Waals surface area contributed by atoms with E-state index in [0.29, 0.717) is 23.7 Å². The molecule has 0 spiro atoms. The minimum Gasteiger partial charge on any atom is -0.298 e. The Morgan fingerprint density at radius 1 is 1.18 bits per heavy atom. The number of rotatable bonds is 3. The quantitative estimate of drug-likeness (QED) is 0.751. The van der Waals surface area contributed by atoms with E-state index in [1.807, 2.05) is 0 Å². The summed E-state index contributed by atoms with van der Waals surface area (Å²) in [5.41, 5.74) is 0.408. The first kappa shape index (κ1) is 13.1. The SMILES string of the molecule is CC1(C)CCCN(CC(=O)C2CCCCC2)C1. The lowest BCUT2D eigenvalue weighted by Crippen LogP contribution is -2.43. The van der Waals surface area contributed by atoms with E-state index in [-0.39, 0.29) is 0 Å². The largest absolute Gasteiger partial charge is 0.298 e. The Labute approximate surface area is 106 Å². The van der Waals surface area contributed by atoms with Crippen LogP contribution in [0.1, 0.15) is 58.8 Å². The third-order valence-electron chi connectivity index (χ3n) is 4.42. The van der Waals surface area contributed by atoms with E-state index >= 15 is 0 Å². The number of piperidine rings is 1. The third kappa shape index (κ3) is 3.80. The number of ketones is 1. The van der Waals surface area contributed by atoms with E-state index in [9.17, 15) is 4.79 Å². The summed E-state index contributed by atoms with van der Waals surface area (Å²) in [7, 11) is 0. The summed E-state index contributed by atoms with van der Waals surface area (Å²) in [5.74, 6) is 0.899. The molecule has 0 bridgehead atoms. The molecule has 0 aromatic rings. The molecule has 1 saturated heterocycles. The molecule has 1 aliphatic carbocycles. The second-order valence-corrected chi connectivity index (χ2v) is 6.78. The van der Waals surface area contributed by atoms with Crippen LogP contribution in [-0.4, -0.2) is 30.3 Å². The number of carbonyl (C=O) groups excluding carboxylic acids is 1. The predicted molar refractivity (Wildman–Crippen MR) is 71.0 cm³/mol. The fraction of sp³-hybridized carbons (Fsp3) is 0.933. The van der Waals surface area contributed by atoms with E-state index in [0.717, 1.165) is 25.9 Å². The van der Waals surface area contributed by atoms with Crippen LogP contribution in [0, 0.1) is 11.3 Å². The first-order chi connectivity index (χ1) is 8.07. The van der Waals surface area contributed by atoms with Crippen LogP contribution in [0.15, 0.2) is 0 Å². The lowest BCUT2D eigenvalue weighted by Gasteiger charge is -2.38. The summed E-state index contributed by atoms with van der Waals surface area (Å²) in [4.78, 5) is 14.6. The first-order valence-electron chi connectivity index (χ1n) is 7.32. The van der Waals surface area contributed by atoms with Gasteiger partial charge in [-0.3, -0.25) is 9.69 Å². The van der Waals surface area contributed by atoms with Gasteiger partial charge in [0, 0.05) is 12.5 Å². The van der Waals surface area contributed by atoms with Crippen LogP contribution in [0.5, 0.6) is 0 Å². The van der Waals surface area contributed by atoms with Crippen molar-refractivity contribution in [3.63, 3.8) is 0 Å². The van der Waals surface area contributed by atoms with Crippen LogP contribution in [0.3, 0.4) is 0 Å². The standard InChI is InChI=1S/C15H27NO/c1-15(2)9-6-10-16(12-15)11-14(17)13-7-4-3-5-8-13/h13H,3-12H2,1-2H3. The van der Waals surface area contributed by atoms with E-state index in [1.54, 1.807) is 0 Å². The Bertz CT molecular complexity index is 266. The number of hydrogen-bond acceptors (Lipinski definition) is 2. The van der Waals surface area contributed by atoms with Crippen molar-refractivity contribution in [2.75, 3.05) is 19.6 Å². The highest BCUT2D eigenvalue weighted by atomic mass is 16.1. The summed E-state index contributed by atoms with van der Waals surface area (Å²) in [6.45, 7) is 7.59. The number of nitrogens with zero attached hydrogens (tertiary/aromatic N) is 1. The molecule has 0 N–H and O–H groups in total. The molecule has 2 fully saturated rings. The van der Waals surface area contributed by atoms with Crippen LogP contribution in [0.25, 0.3) is 0 Å². The molecule has 2 aliphatic rings. The summed E-state index contributed by atoms with van der Waals surface area (Å²) in [5, 5.41) is 0. The van der Waals surface area contributed by atoms with E-state index in [2.05, 4.69) is 18.7 Å². The van der Waals surface area contributed by atoms with Gasteiger partial charge in [0.1, 0.15) is 5.78 Å². The Morgan fingerprint density at radius 2 is 1.88 bits per heavy atom. The summed E-state index contributed by atoms with van der Waals surface area (Å²) >= 11 is 0. The van der Waals surface area contributed by atoms with Crippen molar-refractivity contribution in [3.05, 3.63) is 0 Å². The molecule has 1 saturated carbocycles. The molecule has 0 atom stereocenters. The molecular formula is C15H27NO. The molecule has 0 aromatic heterocycles. The molecule has 2 nitrogen and oxygen atoms in total. The fourth-order valence-corrected chi connectivity index (χ4v) is 3.45. The maximum Gasteiger partial charge on any atom is 0.149 e. The highest BCUT2D eigenvalue weighted by Gasteiger charge is 2.29. The van der Waals surface area contributed by atoms with Gasteiger partial charge in [-0.1, -0.05) is 33.1 Å². The zero-order chi connectivity index (χ0) is 12.3. The summed E-state index contributed by atoms with van der Waals surface area (Å²) in [6, 6.07) is 0. The second kappa shape index (κ2) is 5.51. The molecule has 0 unspecified atom stereocenters. The van der Waals surface area contributed by atoms with Crippen molar-refractivity contribution >= 4 is 5.78 Å². The number of Topliss-reactive ketones (excluding diaryl/α,β-unsaturated/α-hetero) is 1. The van der Waals surface area contributed by atoms with Gasteiger partial charge < -0.3 is 0 Å². The zero-order valence-electron chi connectivity index (χ0n) is 11.5. The first-order valence-corrected chi connectivity index (χ1v) is 7.32. The molecule has 1 heterocycles. The van der Waals surface area contributed by atoms with Crippen LogP contribution in [0.2, 0.25) is 0 Å². The Morgan fingerprint density at radius 3 is 2.53 bits per heavy atom. The third-order valence-corrected chi connectivity index (χ3v) is 4.42. The average molecular weight is 237 g/mol. The smallest absolute Gasteiger partial charge is 0.149 e. The van der Waals surface area contributed by atoms with Crippen molar-refractivity contribution in [2.45, 2.75) is 58.8 Å². The van der Waals surface area contributed by atoms with Gasteiger partial charge >= 0.3 is 0 Å². The molecule has 0 radical (unpaired) electrons. The normalized spacial score (nSPS) is 26.9. The highest BCUT2D eigenvalue weighted by Crippen LogP contribution is 2.29. The molecule has 98 valence electrons. The monoisotopic (exact) mass is 237 g/mol. The van der Waals surface area contributed by atoms with Crippen LogP contribution in [-0.2, 0) is 4.79 Å². The Balaban J connectivity index is 1.81. The molecule has 0 aromatic carbocycles. The van der Waals surface area contributed by atoms with E-state index in [4.69, 9.17) is 0 Å². The molecule has 2 rings (SSSR count). The minimum atomic E-state index is 0.383. The molecular weight excluding hydrogens is 210 g/mol. The molecule has 2 heteroatoms. The van der Waals surface area contributed by atoms with Crippen molar-refractivity contribution < 1.29 is 4.79 Å². The van der Waals surface area contributed by atoms with Gasteiger partial charge in [0.25, 0.3) is 0 Å². The topological polar surface area (TPSA) is 20.3 Å². The van der Waals surface area contributed by atoms with E-state index < -0.39 is 0 Å². The number of likely N-dealkylation sites (tertiary alicyclic amines) is 1. The molecule has 17 heavy (non-hydrogen) atoms. The van der Waals surface area contributed by atoms with Crippen molar-refractivity contribution in [3.8, 4) is 0 Å². The van der Waals surface area contributed by atoms with Crippen LogP contribution < -0.4 is 0 Å². The van der Waals surface area contributed by atoms with Gasteiger partial charge in [0.2, 0.25) is 0 Å². The lowest BCUT2D eigenvalue weighted by atomic mass is 9.83. The Kier molecular flexibility index (Phi) is 4.24. The summed E-state index contributed by atoms with van der Waals surface area (Å²) in [6.07, 6.45) is 8.72. The van der Waals surface area contributed by atoms with Gasteiger partial charge in [-0.2, -0.15) is 0 Å². The van der Waals surface area contributed by atoms with Crippen molar-refractivity contribution in [1.29, 1.82) is 0 Å². The zero-order valence-corrected chi connectivity index (χ0v) is 11.5. The lowest BCUT2D eigenvalue weighted by molar-refractivity contribution is -0.125. The van der Waals surface area contributed by atoms with Gasteiger partial charge in [-0.25, -0.2) is 0 Å². The predicted octanol–water partition coefficient (Wildman–Crippen LogP) is 3.26. The second-order valence-electron chi connectivity index (χ2n) is 6.78. The number of carbonyl (C=O) groups is 1. The van der Waals surface area contributed by atoms with Gasteiger partial charge in [0.15, 0.2) is 0 Å². The highest BCUT2D eigenvalue weighted by molar-refractivity contribution is 5.83. The van der Waals surface area contributed by atoms with E-state index in [1.165, 1.54) is 32.1 Å². The maximum absolute atomic E-state index is 12.2. The maximum atomic E-state index is 12.2. The van der Waals surface area contributed by atoms with Gasteiger partial charge in [-0.15, -0.1) is 0 Å². The Hall–Kier alpha value is -0.370. The van der Waals surface area contributed by atoms with Gasteiger partial charge in [0.05, 0.1) is 6.54 Å². The molecule has 1 aliphatic heterocycles. The average Bonchev–Trinajstić information content (AvgIpc) is 2.29. The van der Waals surface area contributed by atoms with Crippen LogP contribution >= 0.6 is 0 Å². The van der Waals surface area contributed by atoms with Gasteiger partial charge in [-0.05, 0) is 37.6 Å². The van der Waals surface area contributed by atoms with Crippen LogP contribution in [0.4, 0.5) is 0 Å².